The van der Waals surface area contributed by atoms with Gasteiger partial charge in [-0.2, -0.15) is 0 Å². The Labute approximate surface area is 172 Å². The van der Waals surface area contributed by atoms with Crippen LogP contribution in [-0.4, -0.2) is 0 Å². The fourth-order valence-corrected chi connectivity index (χ4v) is 15.1. The van der Waals surface area contributed by atoms with Crippen LogP contribution in [0.25, 0.3) is 0 Å². The van der Waals surface area contributed by atoms with Crippen LogP contribution in [0.2, 0.25) is 0 Å². The summed E-state index contributed by atoms with van der Waals surface area (Å²) in [5, 5.41) is 0. The Kier molecular flexibility index (Phi) is 1.98. The molecule has 4 bridgehead atoms. The van der Waals surface area contributed by atoms with Crippen molar-refractivity contribution in [3.05, 3.63) is 0 Å². The monoisotopic (exact) mass is 376 g/mol. The number of rotatable bonds is 0. The minimum absolute atomic E-state index is 0.662. The van der Waals surface area contributed by atoms with Gasteiger partial charge in [-0.15, -0.1) is 0 Å². The molecule has 0 radical (unpaired) electrons. The zero-order valence-electron chi connectivity index (χ0n) is 19.0. The summed E-state index contributed by atoms with van der Waals surface area (Å²) in [7, 11) is 0. The highest BCUT2D eigenvalue weighted by atomic mass is 15.1. The molecule has 0 N–H and O–H groups in total. The van der Waals surface area contributed by atoms with Crippen molar-refractivity contribution in [2.75, 3.05) is 0 Å². The maximum Gasteiger partial charge on any atom is -0.0136 e. The minimum Gasteiger partial charge on any atom is -0.0594 e. The van der Waals surface area contributed by atoms with Crippen LogP contribution >= 0.6 is 0 Å². The van der Waals surface area contributed by atoms with Crippen molar-refractivity contribution < 1.29 is 0 Å². The standard InChI is InChI=1S/C28H40/c1-23(2)13-7-15-19-11-27(19)25(5,21(15)17(23)9-13)26(6)22-16(20-12-28(20,26)27)8-14-10-18(22)24(14,3)4/h13-22H,7-12H2,1-6H3/t13-,14-,15+,16+,17-,18-,19+,20+,21+,22+,25-,26-,27-,28-/m0/s1. The summed E-state index contributed by atoms with van der Waals surface area (Å²) in [5.41, 5.74) is 4.41. The average Bonchev–Trinajstić information content (AvgIpc) is 3.56. The molecule has 11 aliphatic carbocycles. The largest absolute Gasteiger partial charge is 0.0594 e. The molecule has 152 valence electrons. The Bertz CT molecular complexity index is 808. The van der Waals surface area contributed by atoms with Crippen LogP contribution in [-0.2, 0) is 0 Å². The third-order valence-corrected chi connectivity index (χ3v) is 16.1. The third-order valence-electron chi connectivity index (χ3n) is 16.1. The molecule has 11 fully saturated rings. The fraction of sp³-hybridized carbons (Fsp3) is 1.00. The summed E-state index contributed by atoms with van der Waals surface area (Å²) in [4.78, 5) is 0. The van der Waals surface area contributed by atoms with Gasteiger partial charge in [0.05, 0.1) is 0 Å². The van der Waals surface area contributed by atoms with Crippen LogP contribution in [0, 0.1) is 91.7 Å². The molecular formula is C28H40. The number of hydrogen-bond acceptors (Lipinski definition) is 0. The van der Waals surface area contributed by atoms with E-state index in [1.165, 1.54) is 11.8 Å². The first kappa shape index (κ1) is 15.8. The lowest BCUT2D eigenvalue weighted by Crippen LogP contribution is -2.74. The van der Waals surface area contributed by atoms with Crippen molar-refractivity contribution >= 4 is 0 Å². The zero-order chi connectivity index (χ0) is 19.0. The molecule has 11 rings (SSSR count). The van der Waals surface area contributed by atoms with Gasteiger partial charge in [-0.3, -0.25) is 0 Å². The molecule has 0 saturated heterocycles. The van der Waals surface area contributed by atoms with Gasteiger partial charge in [0.1, 0.15) is 0 Å². The summed E-state index contributed by atoms with van der Waals surface area (Å²) in [6.45, 7) is 16.5. The Morgan fingerprint density at radius 1 is 0.500 bits per heavy atom. The van der Waals surface area contributed by atoms with Gasteiger partial charge >= 0.3 is 0 Å². The van der Waals surface area contributed by atoms with Crippen molar-refractivity contribution in [1.82, 2.24) is 0 Å². The van der Waals surface area contributed by atoms with Crippen molar-refractivity contribution in [3.8, 4) is 0 Å². The second kappa shape index (κ2) is 3.52. The molecular weight excluding hydrogens is 336 g/mol. The number of hydrogen-bond donors (Lipinski definition) is 0. The van der Waals surface area contributed by atoms with E-state index in [1.54, 1.807) is 38.5 Å². The summed E-state index contributed by atoms with van der Waals surface area (Å²) in [6, 6.07) is 0. The smallest absolute Gasteiger partial charge is 0.0136 e. The van der Waals surface area contributed by atoms with Crippen LogP contribution in [0.15, 0.2) is 0 Å². The lowest BCUT2D eigenvalue weighted by atomic mass is 9.25. The number of fused-ring (bicyclic) bond motifs is 1. The average molecular weight is 377 g/mol. The Hall–Kier alpha value is 0. The maximum atomic E-state index is 2.92. The lowest BCUT2D eigenvalue weighted by Gasteiger charge is -2.78. The summed E-state index contributed by atoms with van der Waals surface area (Å²) < 4.78 is 0. The van der Waals surface area contributed by atoms with Gasteiger partial charge in [0, 0.05) is 0 Å². The molecule has 2 spiro atoms. The second-order valence-electron chi connectivity index (χ2n) is 15.5. The SMILES string of the molecule is CC1(C)[C@H]2C[C@H]3[C@H]([C@@H]1C2)[C@@]1(C)[C@]2(C)[C@@H]4[C@H](C[C@H]5C[C@@H]4C5(C)C)[C@H]4C[C@]42[C@]12C[C@H]32. The predicted octanol–water partition coefficient (Wildman–Crippen LogP) is 6.65. The van der Waals surface area contributed by atoms with Crippen molar-refractivity contribution in [2.45, 2.75) is 80.1 Å². The van der Waals surface area contributed by atoms with E-state index in [4.69, 9.17) is 0 Å². The molecule has 0 aromatic carbocycles. The van der Waals surface area contributed by atoms with Crippen LogP contribution in [0.4, 0.5) is 0 Å². The van der Waals surface area contributed by atoms with Gasteiger partial charge in [-0.1, -0.05) is 41.5 Å². The highest BCUT2D eigenvalue weighted by Crippen LogP contribution is 3.10. The van der Waals surface area contributed by atoms with E-state index in [0.717, 1.165) is 58.2 Å². The molecule has 0 nitrogen and oxygen atoms in total. The molecule has 0 aromatic heterocycles. The lowest BCUT2D eigenvalue weighted by molar-refractivity contribution is -0.316. The van der Waals surface area contributed by atoms with Gasteiger partial charge in [0.15, 0.2) is 0 Å². The van der Waals surface area contributed by atoms with Crippen LogP contribution in [0.5, 0.6) is 0 Å². The van der Waals surface area contributed by atoms with E-state index < -0.39 is 0 Å². The van der Waals surface area contributed by atoms with E-state index >= 15 is 0 Å². The van der Waals surface area contributed by atoms with E-state index in [2.05, 4.69) is 41.5 Å². The van der Waals surface area contributed by atoms with E-state index in [1.807, 2.05) is 0 Å². The normalized spacial score (nSPS) is 78.6. The maximum absolute atomic E-state index is 2.92. The quantitative estimate of drug-likeness (QED) is 0.444. The topological polar surface area (TPSA) is 0 Å². The molecule has 0 unspecified atom stereocenters. The first-order valence-electron chi connectivity index (χ1n) is 13.1. The first-order valence-corrected chi connectivity index (χ1v) is 13.1. The van der Waals surface area contributed by atoms with Crippen LogP contribution in [0.1, 0.15) is 80.1 Å². The molecule has 28 heavy (non-hydrogen) atoms. The third kappa shape index (κ3) is 0.962. The van der Waals surface area contributed by atoms with Crippen LogP contribution < -0.4 is 0 Å². The van der Waals surface area contributed by atoms with E-state index in [-0.39, 0.29) is 0 Å². The molecule has 0 aromatic rings. The molecule has 14 atom stereocenters. The molecule has 0 heteroatoms. The molecule has 0 heterocycles. The summed E-state index contributed by atoms with van der Waals surface area (Å²) >= 11 is 0. The molecule has 0 amide bonds. The van der Waals surface area contributed by atoms with Crippen LogP contribution in [0.3, 0.4) is 0 Å². The first-order chi connectivity index (χ1) is 13.1. The van der Waals surface area contributed by atoms with E-state index in [9.17, 15) is 0 Å². The van der Waals surface area contributed by atoms with Crippen molar-refractivity contribution in [1.29, 1.82) is 0 Å². The van der Waals surface area contributed by atoms with E-state index in [0.29, 0.717) is 21.7 Å². The zero-order valence-corrected chi connectivity index (χ0v) is 19.0. The van der Waals surface area contributed by atoms with Gasteiger partial charge in [0.25, 0.3) is 0 Å². The summed E-state index contributed by atoms with van der Waals surface area (Å²) in [6.07, 6.45) is 9.80. The highest BCUT2D eigenvalue weighted by Gasteiger charge is 3.05. The second-order valence-corrected chi connectivity index (χ2v) is 15.5. The van der Waals surface area contributed by atoms with Gasteiger partial charge in [0.2, 0.25) is 0 Å². The predicted molar refractivity (Wildman–Crippen MR) is 111 cm³/mol. The van der Waals surface area contributed by atoms with Gasteiger partial charge in [-0.25, -0.2) is 0 Å². The van der Waals surface area contributed by atoms with Gasteiger partial charge in [-0.05, 0) is 130 Å². The molecule has 0 aliphatic heterocycles. The highest BCUT2D eigenvalue weighted by molar-refractivity contribution is 5.52. The van der Waals surface area contributed by atoms with Crippen molar-refractivity contribution in [2.24, 2.45) is 91.7 Å². The van der Waals surface area contributed by atoms with Crippen molar-refractivity contribution in [3.63, 3.8) is 0 Å². The molecule has 11 aliphatic rings. The molecule has 11 saturated carbocycles. The Morgan fingerprint density at radius 2 is 0.893 bits per heavy atom. The fourth-order valence-electron chi connectivity index (χ4n) is 15.1. The summed E-state index contributed by atoms with van der Waals surface area (Å²) in [5.74, 6) is 11.1. The Morgan fingerprint density at radius 3 is 1.25 bits per heavy atom. The minimum atomic E-state index is 0.662. The Balaban J connectivity index is 1.26. The van der Waals surface area contributed by atoms with Gasteiger partial charge < -0.3 is 0 Å².